The van der Waals surface area contributed by atoms with E-state index in [-0.39, 0.29) is 6.03 Å². The van der Waals surface area contributed by atoms with E-state index in [0.29, 0.717) is 24.5 Å². The van der Waals surface area contributed by atoms with Crippen molar-refractivity contribution in [3.05, 3.63) is 96.3 Å². The number of amides is 2. The average Bonchev–Trinajstić information content (AvgIpc) is 2.73. The van der Waals surface area contributed by atoms with Gasteiger partial charge in [0.05, 0.1) is 6.61 Å². The van der Waals surface area contributed by atoms with Gasteiger partial charge in [-0.1, -0.05) is 48.6 Å². The first-order valence-corrected chi connectivity index (χ1v) is 9.44. The first kappa shape index (κ1) is 20.1. The Morgan fingerprint density at radius 2 is 1.79 bits per heavy atom. The fourth-order valence-electron chi connectivity index (χ4n) is 2.81. The van der Waals surface area contributed by atoms with Crippen LogP contribution in [-0.2, 0) is 0 Å². The van der Waals surface area contributed by atoms with Gasteiger partial charge in [-0.3, -0.25) is 4.90 Å². The lowest BCUT2D eigenvalue weighted by molar-refractivity contribution is 0.257. The Morgan fingerprint density at radius 1 is 1.03 bits per heavy atom. The molecular formula is C24H23FN2O2. The molecule has 0 aliphatic heterocycles. The molecule has 2 amide bonds. The van der Waals surface area contributed by atoms with Gasteiger partial charge in [-0.2, -0.15) is 0 Å². The van der Waals surface area contributed by atoms with Crippen molar-refractivity contribution in [2.75, 3.05) is 23.4 Å². The number of rotatable bonds is 7. The Kier molecular flexibility index (Phi) is 7.00. The van der Waals surface area contributed by atoms with E-state index in [0.717, 1.165) is 11.3 Å². The molecule has 5 heteroatoms. The van der Waals surface area contributed by atoms with Crippen molar-refractivity contribution in [2.24, 2.45) is 0 Å². The van der Waals surface area contributed by atoms with E-state index in [2.05, 4.69) is 5.32 Å². The fraction of sp³-hybridized carbons (Fsp3) is 0.125. The number of ether oxygens (including phenoxy) is 1. The second-order valence-corrected chi connectivity index (χ2v) is 6.29. The molecule has 0 heterocycles. The lowest BCUT2D eigenvalue weighted by atomic mass is 10.2. The van der Waals surface area contributed by atoms with Crippen LogP contribution in [0.1, 0.15) is 12.5 Å². The van der Waals surface area contributed by atoms with Crippen LogP contribution < -0.4 is 15.0 Å². The molecule has 0 fully saturated rings. The SMILES string of the molecule is CCOc1ccc(N(C/C=C/c2ccccc2)C(=O)Nc2cccc(F)c2)cc1. The number of nitrogens with one attached hydrogen (secondary N) is 1. The summed E-state index contributed by atoms with van der Waals surface area (Å²) in [5.74, 6) is 0.334. The van der Waals surface area contributed by atoms with Gasteiger partial charge in [0, 0.05) is 17.9 Å². The molecule has 0 unspecified atom stereocenters. The van der Waals surface area contributed by atoms with E-state index in [4.69, 9.17) is 4.74 Å². The highest BCUT2D eigenvalue weighted by Gasteiger charge is 2.15. The first-order valence-electron chi connectivity index (χ1n) is 9.44. The van der Waals surface area contributed by atoms with Crippen LogP contribution in [-0.4, -0.2) is 19.2 Å². The molecule has 148 valence electrons. The molecule has 0 spiro atoms. The van der Waals surface area contributed by atoms with Crippen LogP contribution >= 0.6 is 0 Å². The molecular weight excluding hydrogens is 367 g/mol. The third kappa shape index (κ3) is 5.94. The van der Waals surface area contributed by atoms with E-state index >= 15 is 0 Å². The minimum atomic E-state index is -0.403. The highest BCUT2D eigenvalue weighted by Crippen LogP contribution is 2.21. The number of hydrogen-bond donors (Lipinski definition) is 1. The molecule has 3 aromatic rings. The Labute approximate surface area is 170 Å². The second kappa shape index (κ2) is 10.1. The van der Waals surface area contributed by atoms with Crippen molar-refractivity contribution in [1.82, 2.24) is 0 Å². The van der Waals surface area contributed by atoms with Gasteiger partial charge in [-0.25, -0.2) is 9.18 Å². The van der Waals surface area contributed by atoms with Crippen LogP contribution in [0.15, 0.2) is 84.9 Å². The van der Waals surface area contributed by atoms with Crippen molar-refractivity contribution < 1.29 is 13.9 Å². The fourth-order valence-corrected chi connectivity index (χ4v) is 2.81. The summed E-state index contributed by atoms with van der Waals surface area (Å²) >= 11 is 0. The van der Waals surface area contributed by atoms with E-state index in [1.54, 1.807) is 17.0 Å². The monoisotopic (exact) mass is 390 g/mol. The van der Waals surface area contributed by atoms with E-state index in [9.17, 15) is 9.18 Å². The van der Waals surface area contributed by atoms with Gasteiger partial charge in [-0.15, -0.1) is 0 Å². The van der Waals surface area contributed by atoms with Crippen molar-refractivity contribution in [3.63, 3.8) is 0 Å². The van der Waals surface area contributed by atoms with Gasteiger partial charge in [0.2, 0.25) is 0 Å². The summed E-state index contributed by atoms with van der Waals surface area (Å²) in [6.07, 6.45) is 3.87. The van der Waals surface area contributed by atoms with Gasteiger partial charge in [0.15, 0.2) is 0 Å². The molecule has 29 heavy (non-hydrogen) atoms. The van der Waals surface area contributed by atoms with Crippen LogP contribution in [0.2, 0.25) is 0 Å². The Bertz CT molecular complexity index is 956. The Hall–Kier alpha value is -3.60. The Morgan fingerprint density at radius 3 is 2.48 bits per heavy atom. The number of carbonyl (C=O) groups is 1. The maximum absolute atomic E-state index is 13.5. The largest absolute Gasteiger partial charge is 0.494 e. The van der Waals surface area contributed by atoms with Crippen LogP contribution in [0, 0.1) is 5.82 Å². The molecule has 0 atom stereocenters. The topological polar surface area (TPSA) is 41.6 Å². The lowest BCUT2D eigenvalue weighted by Gasteiger charge is -2.22. The Balaban J connectivity index is 1.79. The summed E-state index contributed by atoms with van der Waals surface area (Å²) in [5.41, 5.74) is 2.16. The van der Waals surface area contributed by atoms with Gasteiger partial charge in [0.1, 0.15) is 11.6 Å². The second-order valence-electron chi connectivity index (χ2n) is 6.29. The third-order valence-corrected chi connectivity index (χ3v) is 4.18. The normalized spacial score (nSPS) is 10.7. The molecule has 0 bridgehead atoms. The molecule has 0 aliphatic carbocycles. The molecule has 0 aliphatic rings. The number of nitrogens with zero attached hydrogens (tertiary/aromatic N) is 1. The van der Waals surface area contributed by atoms with Gasteiger partial charge >= 0.3 is 6.03 Å². The molecule has 1 N–H and O–H groups in total. The summed E-state index contributed by atoms with van der Waals surface area (Å²) < 4.78 is 18.9. The van der Waals surface area contributed by atoms with Crippen molar-refractivity contribution >= 4 is 23.5 Å². The minimum Gasteiger partial charge on any atom is -0.494 e. The number of benzene rings is 3. The zero-order chi connectivity index (χ0) is 20.5. The summed E-state index contributed by atoms with van der Waals surface area (Å²) in [4.78, 5) is 14.5. The predicted molar refractivity (Wildman–Crippen MR) is 116 cm³/mol. The zero-order valence-corrected chi connectivity index (χ0v) is 16.2. The van der Waals surface area contributed by atoms with Crippen LogP contribution in [0.25, 0.3) is 6.08 Å². The van der Waals surface area contributed by atoms with Crippen LogP contribution in [0.5, 0.6) is 5.75 Å². The molecule has 0 saturated heterocycles. The quantitative estimate of drug-likeness (QED) is 0.539. The highest BCUT2D eigenvalue weighted by molar-refractivity contribution is 6.02. The zero-order valence-electron chi connectivity index (χ0n) is 16.2. The lowest BCUT2D eigenvalue weighted by Crippen LogP contribution is -2.35. The number of anilines is 2. The van der Waals surface area contributed by atoms with Gasteiger partial charge < -0.3 is 10.1 Å². The maximum Gasteiger partial charge on any atom is 0.326 e. The van der Waals surface area contributed by atoms with Crippen molar-refractivity contribution in [2.45, 2.75) is 6.92 Å². The van der Waals surface area contributed by atoms with E-state index < -0.39 is 5.82 Å². The molecule has 3 rings (SSSR count). The molecule has 4 nitrogen and oxygen atoms in total. The van der Waals surface area contributed by atoms with Crippen LogP contribution in [0.4, 0.5) is 20.6 Å². The van der Waals surface area contributed by atoms with Gasteiger partial charge in [0.25, 0.3) is 0 Å². The number of hydrogen-bond acceptors (Lipinski definition) is 2. The maximum atomic E-state index is 13.5. The third-order valence-electron chi connectivity index (χ3n) is 4.18. The van der Waals surface area contributed by atoms with Crippen molar-refractivity contribution in [1.29, 1.82) is 0 Å². The molecule has 0 saturated carbocycles. The standard InChI is InChI=1S/C24H23FN2O2/c1-2-29-23-15-13-22(14-16-23)27(17-7-10-19-8-4-3-5-9-19)24(28)26-21-12-6-11-20(25)18-21/h3-16,18H,2,17H2,1H3,(H,26,28)/b10-7+. The molecule has 3 aromatic carbocycles. The van der Waals surface area contributed by atoms with E-state index in [1.807, 2.05) is 73.7 Å². The predicted octanol–water partition coefficient (Wildman–Crippen LogP) is 5.98. The summed E-state index contributed by atoms with van der Waals surface area (Å²) in [6.45, 7) is 2.84. The number of halogens is 1. The molecule has 0 radical (unpaired) electrons. The smallest absolute Gasteiger partial charge is 0.326 e. The van der Waals surface area contributed by atoms with Gasteiger partial charge in [-0.05, 0) is 55.0 Å². The minimum absolute atomic E-state index is 0.350. The van der Waals surface area contributed by atoms with Crippen molar-refractivity contribution in [3.8, 4) is 5.75 Å². The highest BCUT2D eigenvalue weighted by atomic mass is 19.1. The first-order chi connectivity index (χ1) is 14.2. The molecule has 0 aromatic heterocycles. The number of carbonyl (C=O) groups excluding carboxylic acids is 1. The van der Waals surface area contributed by atoms with E-state index in [1.165, 1.54) is 12.1 Å². The summed E-state index contributed by atoms with van der Waals surface area (Å²) in [6, 6.07) is 22.6. The summed E-state index contributed by atoms with van der Waals surface area (Å²) in [7, 11) is 0. The summed E-state index contributed by atoms with van der Waals surface area (Å²) in [5, 5.41) is 2.75. The van der Waals surface area contributed by atoms with Crippen LogP contribution in [0.3, 0.4) is 0 Å². The average molecular weight is 390 g/mol. The number of urea groups is 1.